The lowest BCUT2D eigenvalue weighted by atomic mass is 9.28. The van der Waals surface area contributed by atoms with Crippen LogP contribution in [0.1, 0.15) is 55.6 Å². The number of anilines is 11. The van der Waals surface area contributed by atoms with Crippen LogP contribution in [0.25, 0.3) is 0 Å². The van der Waals surface area contributed by atoms with Gasteiger partial charge in [0.1, 0.15) is 11.5 Å². The molecule has 0 N–H and O–H groups in total. The lowest BCUT2D eigenvalue weighted by Gasteiger charge is -2.49. The van der Waals surface area contributed by atoms with Gasteiger partial charge < -0.3 is 24.3 Å². The normalized spacial score (nSPS) is 15.8. The molecule has 408 valence electrons. The monoisotopic (exact) mass is 1100 g/mol. The molecule has 10 aromatic rings. The van der Waals surface area contributed by atoms with E-state index in [1.807, 2.05) is 11.8 Å². The number of nitrogens with zero attached hydrogens (tertiary/aromatic N) is 4. The van der Waals surface area contributed by atoms with E-state index in [9.17, 15) is 0 Å². The highest BCUT2D eigenvalue weighted by Crippen LogP contribution is 2.56. The highest BCUT2D eigenvalue weighted by atomic mass is 32.2. The van der Waals surface area contributed by atoms with Crippen molar-refractivity contribution in [2.45, 2.75) is 85.2 Å². The van der Waals surface area contributed by atoms with E-state index >= 15 is 0 Å². The number of rotatable bonds is 8. The lowest BCUT2D eigenvalue weighted by Crippen LogP contribution is -2.59. The first-order valence-electron chi connectivity index (χ1n) is 29.7. The zero-order chi connectivity index (χ0) is 57.4. The molecule has 0 bridgehead atoms. The molecule has 5 aliphatic rings. The van der Waals surface area contributed by atoms with Crippen LogP contribution in [0.15, 0.2) is 222 Å². The van der Waals surface area contributed by atoms with Gasteiger partial charge in [0.05, 0.1) is 22.7 Å². The first-order chi connectivity index (χ1) is 40.8. The predicted molar refractivity (Wildman–Crippen MR) is 359 cm³/mol. The third kappa shape index (κ3) is 8.15. The standard InChI is InChI=1S/C76H66B2N4OS/c1-45-33-49(5)74(50(6)34-45)79(55-24-13-11-14-25-55)57-39-66-72-69(41-57)83-68-32-22-19-29-60(68)78(72)61-43-62-70(44-65(61)81(66)63-30-20-17-23-48(63)4)84-71-42-58(80(56-26-15-12-16-27-56)75-51(7)35-46(2)36-52(75)8)40-67-73(71)77(62)59-28-18-21-31-64(59)82(67)76-53(9)37-47(3)38-54(76)10/h11-44,62,70H,1-10H3. The van der Waals surface area contributed by atoms with Gasteiger partial charge in [0.25, 0.3) is 6.71 Å². The number of allylic oxidation sites excluding steroid dienone is 2. The van der Waals surface area contributed by atoms with E-state index in [0.29, 0.717) is 0 Å². The van der Waals surface area contributed by atoms with Gasteiger partial charge in [-0.15, -0.1) is 11.8 Å². The SMILES string of the molecule is Cc1cc(C)c(N(c2ccccc2)c2cc3c4c(c2)N(c2ccccc2C)C2=CC5Sc6cc(N(c7ccccc7)c7c(C)cc(C)cc7C)cc7c6B(c6ccccc6N7c6c(C)cc(C)cc6C)C5C=C2B4c2ccccc2O3)c(C)c1. The zero-order valence-corrected chi connectivity index (χ0v) is 50.4. The van der Waals surface area contributed by atoms with Gasteiger partial charge in [-0.3, -0.25) is 0 Å². The Kier molecular flexibility index (Phi) is 12.3. The minimum absolute atomic E-state index is 0.0535. The highest BCUT2D eigenvalue weighted by molar-refractivity contribution is 8.00. The number of thioether (sulfide) groups is 1. The van der Waals surface area contributed by atoms with Crippen LogP contribution in [-0.2, 0) is 0 Å². The second-order valence-corrected chi connectivity index (χ2v) is 25.5. The molecule has 0 fully saturated rings. The van der Waals surface area contributed by atoms with E-state index in [1.54, 1.807) is 0 Å². The zero-order valence-electron chi connectivity index (χ0n) is 49.5. The maximum Gasteiger partial charge on any atom is 0.255 e. The molecule has 8 heteroatoms. The number of hydrogen-bond acceptors (Lipinski definition) is 6. The van der Waals surface area contributed by atoms with Crippen molar-refractivity contribution >= 4 is 110 Å². The Labute approximate surface area is 500 Å². The number of benzene rings is 10. The minimum atomic E-state index is -0.0867. The summed E-state index contributed by atoms with van der Waals surface area (Å²) in [5, 5.41) is 0.0734. The van der Waals surface area contributed by atoms with Crippen LogP contribution < -0.4 is 46.2 Å². The van der Waals surface area contributed by atoms with Crippen molar-refractivity contribution in [3.05, 3.63) is 273 Å². The van der Waals surface area contributed by atoms with E-state index in [0.717, 1.165) is 45.6 Å². The molecule has 0 amide bonds. The average molecular weight is 1110 g/mol. The van der Waals surface area contributed by atoms with Gasteiger partial charge in [0.15, 0.2) is 0 Å². The van der Waals surface area contributed by atoms with Crippen molar-refractivity contribution in [3.63, 3.8) is 0 Å². The summed E-state index contributed by atoms with van der Waals surface area (Å²) in [7, 11) is 0. The summed E-state index contributed by atoms with van der Waals surface area (Å²) >= 11 is 2.05. The fraction of sp³-hybridized carbons (Fsp3) is 0.158. The topological polar surface area (TPSA) is 22.2 Å². The summed E-state index contributed by atoms with van der Waals surface area (Å²) in [5.74, 6) is 1.90. The highest BCUT2D eigenvalue weighted by Gasteiger charge is 2.52. The first kappa shape index (κ1) is 52.0. The summed E-state index contributed by atoms with van der Waals surface area (Å²) in [6.07, 6.45) is 5.41. The molecule has 1 aliphatic carbocycles. The van der Waals surface area contributed by atoms with Crippen LogP contribution in [0, 0.1) is 69.2 Å². The molecule has 2 atom stereocenters. The van der Waals surface area contributed by atoms with Crippen molar-refractivity contribution in [1.29, 1.82) is 0 Å². The van der Waals surface area contributed by atoms with Crippen molar-refractivity contribution in [2.75, 3.05) is 19.6 Å². The Balaban J connectivity index is 1.00. The summed E-state index contributed by atoms with van der Waals surface area (Å²) in [6.45, 7) is 22.5. The Hall–Kier alpha value is -8.84. The summed E-state index contributed by atoms with van der Waals surface area (Å²) in [4.78, 5) is 11.5. The van der Waals surface area contributed by atoms with Gasteiger partial charge >= 0.3 is 0 Å². The number of ether oxygens (including phenoxy) is 1. The molecule has 4 aliphatic heterocycles. The average Bonchev–Trinajstić information content (AvgIpc) is 1.18. The van der Waals surface area contributed by atoms with E-state index in [4.69, 9.17) is 4.74 Å². The fourth-order valence-electron chi connectivity index (χ4n) is 15.4. The number of para-hydroxylation sites is 5. The van der Waals surface area contributed by atoms with E-state index in [2.05, 4.69) is 295 Å². The molecule has 0 saturated carbocycles. The second kappa shape index (κ2) is 19.9. The predicted octanol–water partition coefficient (Wildman–Crippen LogP) is 17.9. The third-order valence-electron chi connectivity index (χ3n) is 18.3. The molecular weight excluding hydrogens is 1040 g/mol. The Morgan fingerprint density at radius 2 is 0.905 bits per heavy atom. The maximum atomic E-state index is 7.31. The van der Waals surface area contributed by atoms with Gasteiger partial charge in [-0.25, -0.2) is 0 Å². The van der Waals surface area contributed by atoms with Crippen molar-refractivity contribution in [3.8, 4) is 11.5 Å². The summed E-state index contributed by atoms with van der Waals surface area (Å²) in [5.41, 5.74) is 33.1. The van der Waals surface area contributed by atoms with Crippen LogP contribution in [0.4, 0.5) is 62.6 Å². The Bertz CT molecular complexity index is 4390. The van der Waals surface area contributed by atoms with Crippen LogP contribution in [0.3, 0.4) is 0 Å². The molecule has 2 unspecified atom stereocenters. The number of fused-ring (bicyclic) bond motifs is 8. The summed E-state index contributed by atoms with van der Waals surface area (Å²) in [6, 6.07) is 72.8. The molecule has 10 aromatic carbocycles. The van der Waals surface area contributed by atoms with E-state index < -0.39 is 0 Å². The molecule has 0 spiro atoms. The molecule has 4 heterocycles. The minimum Gasteiger partial charge on any atom is -0.458 e. The van der Waals surface area contributed by atoms with Crippen molar-refractivity contribution in [2.24, 2.45) is 0 Å². The quantitative estimate of drug-likeness (QED) is 0.140. The summed E-state index contributed by atoms with van der Waals surface area (Å²) < 4.78 is 7.31. The largest absolute Gasteiger partial charge is 0.458 e. The van der Waals surface area contributed by atoms with E-state index in [1.165, 1.54) is 122 Å². The fourth-order valence-corrected chi connectivity index (χ4v) is 16.8. The van der Waals surface area contributed by atoms with Crippen molar-refractivity contribution < 1.29 is 4.74 Å². The number of hydrogen-bond donors (Lipinski definition) is 0. The van der Waals surface area contributed by atoms with Gasteiger partial charge in [0, 0.05) is 61.7 Å². The Morgan fingerprint density at radius 1 is 0.405 bits per heavy atom. The molecule has 0 aromatic heterocycles. The lowest BCUT2D eigenvalue weighted by molar-refractivity contribution is 0.487. The first-order valence-corrected chi connectivity index (χ1v) is 30.6. The van der Waals surface area contributed by atoms with Crippen LogP contribution >= 0.6 is 11.8 Å². The van der Waals surface area contributed by atoms with Gasteiger partial charge in [-0.2, -0.15) is 0 Å². The van der Waals surface area contributed by atoms with Crippen LogP contribution in [-0.4, -0.2) is 18.7 Å². The van der Waals surface area contributed by atoms with Crippen molar-refractivity contribution in [1.82, 2.24) is 0 Å². The molecule has 15 rings (SSSR count). The molecular formula is C76H66B2N4OS. The number of aryl methyl sites for hydroxylation is 10. The van der Waals surface area contributed by atoms with Gasteiger partial charge in [-0.05, 0) is 208 Å². The molecule has 5 nitrogen and oxygen atoms in total. The molecule has 84 heavy (non-hydrogen) atoms. The van der Waals surface area contributed by atoms with Crippen LogP contribution in [0.2, 0.25) is 5.82 Å². The molecule has 0 radical (unpaired) electrons. The second-order valence-electron chi connectivity index (χ2n) is 24.2. The van der Waals surface area contributed by atoms with Crippen LogP contribution in [0.5, 0.6) is 11.5 Å². The van der Waals surface area contributed by atoms with Gasteiger partial charge in [0.2, 0.25) is 6.71 Å². The maximum absolute atomic E-state index is 7.31. The smallest absolute Gasteiger partial charge is 0.255 e. The third-order valence-corrected chi connectivity index (χ3v) is 19.6. The molecule has 0 saturated heterocycles. The van der Waals surface area contributed by atoms with E-state index in [-0.39, 0.29) is 24.5 Å². The Morgan fingerprint density at radius 3 is 1.50 bits per heavy atom. The van der Waals surface area contributed by atoms with Gasteiger partial charge in [-0.1, -0.05) is 150 Å².